The monoisotopic (exact) mass is 467 g/mol. The molecule has 2 heterocycles. The number of carbonyl (C=O) groups is 1. The van der Waals surface area contributed by atoms with Crippen LogP contribution in [0.3, 0.4) is 0 Å². The van der Waals surface area contributed by atoms with Gasteiger partial charge in [-0.2, -0.15) is 0 Å². The van der Waals surface area contributed by atoms with Gasteiger partial charge in [-0.3, -0.25) is 9.69 Å². The number of H-pyrrole nitrogens is 2. The van der Waals surface area contributed by atoms with Crippen molar-refractivity contribution in [2.45, 2.75) is 58.4 Å². The van der Waals surface area contributed by atoms with Crippen molar-refractivity contribution in [2.24, 2.45) is 5.73 Å². The predicted molar refractivity (Wildman–Crippen MR) is 131 cm³/mol. The van der Waals surface area contributed by atoms with E-state index in [2.05, 4.69) is 68.0 Å². The Morgan fingerprint density at radius 1 is 1.06 bits per heavy atom. The number of carbonyl (C=O) groups excluding carboxylic acids is 1. The molecule has 0 radical (unpaired) electrons. The predicted octanol–water partition coefficient (Wildman–Crippen LogP) is 3.00. The van der Waals surface area contributed by atoms with Crippen LogP contribution in [0.5, 0.6) is 0 Å². The van der Waals surface area contributed by atoms with Gasteiger partial charge in [0.1, 0.15) is 17.7 Å². The summed E-state index contributed by atoms with van der Waals surface area (Å²) in [5.41, 5.74) is 8.37. The minimum atomic E-state index is -0.541. The van der Waals surface area contributed by atoms with Crippen LogP contribution in [-0.4, -0.2) is 61.9 Å². The number of aromatic nitrogens is 4. The lowest BCUT2D eigenvalue weighted by Crippen LogP contribution is -2.33. The Bertz CT molecular complexity index is 958. The highest BCUT2D eigenvalue weighted by Crippen LogP contribution is 2.22. The van der Waals surface area contributed by atoms with Crippen LogP contribution in [-0.2, 0) is 29.2 Å². The summed E-state index contributed by atoms with van der Waals surface area (Å²) >= 11 is 0. The minimum Gasteiger partial charge on any atom is -0.465 e. The van der Waals surface area contributed by atoms with E-state index in [1.165, 1.54) is 11.1 Å². The number of ether oxygens (including phenoxy) is 1. The summed E-state index contributed by atoms with van der Waals surface area (Å²) in [6.45, 7) is 7.50. The van der Waals surface area contributed by atoms with Crippen LogP contribution in [0.15, 0.2) is 49.1 Å². The van der Waals surface area contributed by atoms with E-state index in [4.69, 9.17) is 10.5 Å². The molecule has 0 saturated carbocycles. The molecule has 4 N–H and O–H groups in total. The van der Waals surface area contributed by atoms with Crippen LogP contribution in [0.25, 0.3) is 0 Å². The van der Waals surface area contributed by atoms with Crippen LogP contribution in [0, 0.1) is 0 Å². The zero-order valence-corrected chi connectivity index (χ0v) is 20.4. The molecule has 0 aliphatic carbocycles. The van der Waals surface area contributed by atoms with Crippen molar-refractivity contribution in [3.05, 3.63) is 71.8 Å². The lowest BCUT2D eigenvalue weighted by atomic mass is 10.1. The fourth-order valence-electron chi connectivity index (χ4n) is 3.91. The first-order chi connectivity index (χ1) is 16.5. The number of nitrogens with two attached hydrogens (primary N) is 1. The van der Waals surface area contributed by atoms with Crippen molar-refractivity contribution in [3.63, 3.8) is 0 Å². The highest BCUT2D eigenvalue weighted by Gasteiger charge is 2.19. The molecule has 3 aromatic rings. The Hall–Kier alpha value is -3.01. The first-order valence-electron chi connectivity index (χ1n) is 11.9. The maximum atomic E-state index is 11.6. The van der Waals surface area contributed by atoms with Gasteiger partial charge < -0.3 is 25.3 Å². The van der Waals surface area contributed by atoms with E-state index >= 15 is 0 Å². The second-order valence-electron chi connectivity index (χ2n) is 8.65. The number of imidazole rings is 2. The van der Waals surface area contributed by atoms with Crippen molar-refractivity contribution in [1.82, 2.24) is 29.7 Å². The molecule has 1 unspecified atom stereocenters. The zero-order valence-electron chi connectivity index (χ0n) is 20.4. The highest BCUT2D eigenvalue weighted by molar-refractivity contribution is 5.75. The maximum Gasteiger partial charge on any atom is 0.322 e. The van der Waals surface area contributed by atoms with Crippen molar-refractivity contribution in [1.29, 1.82) is 0 Å². The van der Waals surface area contributed by atoms with E-state index in [1.54, 1.807) is 19.3 Å². The largest absolute Gasteiger partial charge is 0.465 e. The molecular formula is C25H37N7O2. The van der Waals surface area contributed by atoms with Crippen molar-refractivity contribution in [3.8, 4) is 0 Å². The lowest BCUT2D eigenvalue weighted by Gasteiger charge is -2.27. The number of nitrogens with one attached hydrogen (secondary N) is 2. The van der Waals surface area contributed by atoms with Crippen LogP contribution in [0.2, 0.25) is 0 Å². The van der Waals surface area contributed by atoms with Gasteiger partial charge >= 0.3 is 5.97 Å². The summed E-state index contributed by atoms with van der Waals surface area (Å²) in [6.07, 6.45) is 8.74. The molecule has 0 aliphatic heterocycles. The van der Waals surface area contributed by atoms with Gasteiger partial charge in [0.15, 0.2) is 0 Å². The van der Waals surface area contributed by atoms with Gasteiger partial charge in [-0.15, -0.1) is 0 Å². The summed E-state index contributed by atoms with van der Waals surface area (Å²) in [5.74, 6) is 1.55. The quantitative estimate of drug-likeness (QED) is 0.312. The lowest BCUT2D eigenvalue weighted by molar-refractivity contribution is -0.144. The Kier molecular flexibility index (Phi) is 9.81. The Balaban J connectivity index is 1.52. The average molecular weight is 468 g/mol. The number of hydrogen-bond donors (Lipinski definition) is 3. The van der Waals surface area contributed by atoms with E-state index in [9.17, 15) is 4.79 Å². The molecule has 2 atom stereocenters. The first kappa shape index (κ1) is 25.6. The molecule has 34 heavy (non-hydrogen) atoms. The first-order valence-corrected chi connectivity index (χ1v) is 11.9. The summed E-state index contributed by atoms with van der Waals surface area (Å²) in [7, 11) is 2.08. The summed E-state index contributed by atoms with van der Waals surface area (Å²) in [6, 6.07) is 8.30. The van der Waals surface area contributed by atoms with E-state index in [1.807, 2.05) is 12.4 Å². The minimum absolute atomic E-state index is 0.117. The number of rotatable bonds is 14. The highest BCUT2D eigenvalue weighted by atomic mass is 16.5. The van der Waals surface area contributed by atoms with Gasteiger partial charge in [-0.25, -0.2) is 9.97 Å². The number of esters is 1. The van der Waals surface area contributed by atoms with E-state index in [0.29, 0.717) is 19.6 Å². The SMILES string of the molecule is CCOC(=O)[C@@H](N)CCCN(C)Cc1ccc(CN(Cc2ncc[nH]2)C(C)c2ncc[nH]2)cc1. The van der Waals surface area contributed by atoms with Crippen LogP contribution in [0.4, 0.5) is 0 Å². The molecule has 2 aromatic heterocycles. The molecule has 0 bridgehead atoms. The maximum absolute atomic E-state index is 11.6. The zero-order chi connectivity index (χ0) is 24.3. The number of aromatic amines is 2. The third-order valence-corrected chi connectivity index (χ3v) is 5.88. The second-order valence-corrected chi connectivity index (χ2v) is 8.65. The molecule has 0 spiro atoms. The van der Waals surface area contributed by atoms with Crippen molar-refractivity contribution < 1.29 is 9.53 Å². The summed E-state index contributed by atoms with van der Waals surface area (Å²) in [4.78, 5) is 31.5. The van der Waals surface area contributed by atoms with Gasteiger partial charge in [0.05, 0.1) is 19.2 Å². The van der Waals surface area contributed by atoms with E-state index in [0.717, 1.165) is 37.7 Å². The normalized spacial score (nSPS) is 13.4. The van der Waals surface area contributed by atoms with Crippen LogP contribution >= 0.6 is 0 Å². The van der Waals surface area contributed by atoms with Gasteiger partial charge in [0.2, 0.25) is 0 Å². The molecule has 184 valence electrons. The second kappa shape index (κ2) is 13.0. The third kappa shape index (κ3) is 7.79. The van der Waals surface area contributed by atoms with Crippen LogP contribution in [0.1, 0.15) is 55.5 Å². The van der Waals surface area contributed by atoms with Gasteiger partial charge in [-0.05, 0) is 51.4 Å². The van der Waals surface area contributed by atoms with Crippen molar-refractivity contribution in [2.75, 3.05) is 20.2 Å². The van der Waals surface area contributed by atoms with Gasteiger partial charge in [0.25, 0.3) is 0 Å². The Morgan fingerprint density at radius 3 is 2.35 bits per heavy atom. The molecule has 3 rings (SSSR count). The molecule has 9 heteroatoms. The number of hydrogen-bond acceptors (Lipinski definition) is 7. The van der Waals surface area contributed by atoms with Gasteiger partial charge in [0, 0.05) is 37.9 Å². The number of nitrogens with zero attached hydrogens (tertiary/aromatic N) is 4. The fraction of sp³-hybridized carbons (Fsp3) is 0.480. The molecule has 0 fully saturated rings. The Morgan fingerprint density at radius 2 is 1.74 bits per heavy atom. The number of benzene rings is 1. The van der Waals surface area contributed by atoms with Gasteiger partial charge in [-0.1, -0.05) is 24.3 Å². The molecule has 0 amide bonds. The third-order valence-electron chi connectivity index (χ3n) is 5.88. The molecule has 0 saturated heterocycles. The molecule has 9 nitrogen and oxygen atoms in total. The molecule has 0 aliphatic rings. The van der Waals surface area contributed by atoms with Crippen molar-refractivity contribution >= 4 is 5.97 Å². The topological polar surface area (TPSA) is 116 Å². The van der Waals surface area contributed by atoms with E-state index < -0.39 is 6.04 Å². The van der Waals surface area contributed by atoms with Crippen LogP contribution < -0.4 is 5.73 Å². The smallest absolute Gasteiger partial charge is 0.322 e. The van der Waals surface area contributed by atoms with E-state index in [-0.39, 0.29) is 12.0 Å². The fourth-order valence-corrected chi connectivity index (χ4v) is 3.91. The summed E-state index contributed by atoms with van der Waals surface area (Å²) < 4.78 is 4.97. The average Bonchev–Trinajstić information content (AvgIpc) is 3.54. The summed E-state index contributed by atoms with van der Waals surface area (Å²) in [5, 5.41) is 0. The standard InChI is InChI=1S/C25H37N7O2/c1-4-34-25(33)22(26)6-5-15-31(3)16-20-7-9-21(10-8-20)17-32(18-23-27-11-12-28-23)19(2)24-29-13-14-30-24/h7-14,19,22H,4-6,15-18,26H2,1-3H3,(H,27,28)(H,29,30)/t19?,22-/m0/s1. The Labute approximate surface area is 201 Å². The molecular weight excluding hydrogens is 430 g/mol. The molecule has 1 aromatic carbocycles.